The molecule has 0 aliphatic rings. The average Bonchev–Trinajstić information content (AvgIpc) is 2.62. The summed E-state index contributed by atoms with van der Waals surface area (Å²) < 4.78 is 5.51. The predicted molar refractivity (Wildman–Crippen MR) is 99.4 cm³/mol. The molecule has 0 heterocycles. The zero-order valence-corrected chi connectivity index (χ0v) is 14.7. The molecule has 0 unspecified atom stereocenters. The fourth-order valence-electron chi connectivity index (χ4n) is 2.28. The molecule has 0 saturated heterocycles. The Balaban J connectivity index is 2.08. The van der Waals surface area contributed by atoms with Crippen LogP contribution in [0.3, 0.4) is 0 Å². The van der Waals surface area contributed by atoms with Gasteiger partial charge in [0.15, 0.2) is 0 Å². The smallest absolute Gasteiger partial charge is 0.261 e. The maximum Gasteiger partial charge on any atom is 0.261 e. The Kier molecular flexibility index (Phi) is 7.06. The van der Waals surface area contributed by atoms with Crippen LogP contribution in [0.5, 0.6) is 5.75 Å². The maximum atomic E-state index is 12.2. The van der Waals surface area contributed by atoms with Gasteiger partial charge in [0.1, 0.15) is 17.4 Å². The first-order valence-electron chi connectivity index (χ1n) is 8.00. The molecule has 0 aromatic heterocycles. The van der Waals surface area contributed by atoms with E-state index in [-0.39, 0.29) is 5.57 Å². The summed E-state index contributed by atoms with van der Waals surface area (Å²) in [4.78, 5) is 12.2. The number of rotatable bonds is 7. The van der Waals surface area contributed by atoms with Crippen LogP contribution in [0.25, 0.3) is 6.08 Å². The third-order valence-electron chi connectivity index (χ3n) is 3.48. The summed E-state index contributed by atoms with van der Waals surface area (Å²) in [7, 11) is 0. The second kappa shape index (κ2) is 9.51. The fraction of sp³-hybridized carbons (Fsp3) is 0.200. The van der Waals surface area contributed by atoms with E-state index in [4.69, 9.17) is 16.3 Å². The summed E-state index contributed by atoms with van der Waals surface area (Å²) >= 11 is 6.01. The SMILES string of the molecule is CCOc1ccc(Cl)cc1/C=C(\C#N)C(=O)NCCc1ccccc1. The number of carbonyl (C=O) groups excluding carboxylic acids is 1. The van der Waals surface area contributed by atoms with E-state index < -0.39 is 5.91 Å². The number of nitriles is 1. The molecule has 128 valence electrons. The number of hydrogen-bond acceptors (Lipinski definition) is 3. The minimum absolute atomic E-state index is 0.0104. The quantitative estimate of drug-likeness (QED) is 0.603. The van der Waals surface area contributed by atoms with Gasteiger partial charge in [-0.05, 0) is 43.2 Å². The van der Waals surface area contributed by atoms with Crippen LogP contribution in [0.15, 0.2) is 54.1 Å². The van der Waals surface area contributed by atoms with Gasteiger partial charge in [-0.25, -0.2) is 0 Å². The Morgan fingerprint density at radius 3 is 2.72 bits per heavy atom. The third kappa shape index (κ3) is 5.66. The van der Waals surface area contributed by atoms with Gasteiger partial charge in [-0.3, -0.25) is 4.79 Å². The van der Waals surface area contributed by atoms with E-state index in [1.807, 2.05) is 43.3 Å². The zero-order chi connectivity index (χ0) is 18.1. The van der Waals surface area contributed by atoms with E-state index in [1.54, 1.807) is 18.2 Å². The summed E-state index contributed by atoms with van der Waals surface area (Å²) in [6, 6.07) is 16.9. The molecule has 1 N–H and O–H groups in total. The average molecular weight is 355 g/mol. The number of nitrogens with zero attached hydrogens (tertiary/aromatic N) is 1. The van der Waals surface area contributed by atoms with Crippen molar-refractivity contribution in [1.29, 1.82) is 5.26 Å². The number of halogens is 1. The molecule has 4 nitrogen and oxygen atoms in total. The highest BCUT2D eigenvalue weighted by molar-refractivity contribution is 6.30. The van der Waals surface area contributed by atoms with Crippen LogP contribution < -0.4 is 10.1 Å². The summed E-state index contributed by atoms with van der Waals surface area (Å²) in [5.74, 6) is 0.164. The van der Waals surface area contributed by atoms with Crippen LogP contribution in [0.2, 0.25) is 5.02 Å². The van der Waals surface area contributed by atoms with E-state index in [0.717, 1.165) is 5.56 Å². The van der Waals surface area contributed by atoms with Crippen molar-refractivity contribution in [2.75, 3.05) is 13.2 Å². The summed E-state index contributed by atoms with van der Waals surface area (Å²) in [5, 5.41) is 12.6. The van der Waals surface area contributed by atoms with E-state index in [0.29, 0.717) is 35.9 Å². The van der Waals surface area contributed by atoms with Gasteiger partial charge < -0.3 is 10.1 Å². The first-order chi connectivity index (χ1) is 12.1. The van der Waals surface area contributed by atoms with Crippen LogP contribution in [0.1, 0.15) is 18.1 Å². The summed E-state index contributed by atoms with van der Waals surface area (Å²) in [6.45, 7) is 2.80. The number of amides is 1. The number of ether oxygens (including phenoxy) is 1. The second-order valence-electron chi connectivity index (χ2n) is 5.28. The molecule has 0 fully saturated rings. The van der Waals surface area contributed by atoms with Gasteiger partial charge in [0.25, 0.3) is 5.91 Å². The maximum absolute atomic E-state index is 12.2. The van der Waals surface area contributed by atoms with Gasteiger partial charge in [0.05, 0.1) is 6.61 Å². The Hall–Kier alpha value is -2.77. The van der Waals surface area contributed by atoms with Gasteiger partial charge in [-0.2, -0.15) is 5.26 Å². The van der Waals surface area contributed by atoms with Crippen molar-refractivity contribution in [3.63, 3.8) is 0 Å². The Bertz CT molecular complexity index is 795. The lowest BCUT2D eigenvalue weighted by atomic mass is 10.1. The normalized spacial score (nSPS) is 10.8. The monoisotopic (exact) mass is 354 g/mol. The van der Waals surface area contributed by atoms with Crippen molar-refractivity contribution >= 4 is 23.6 Å². The molecule has 0 radical (unpaired) electrons. The molecular formula is C20H19ClN2O2. The Morgan fingerprint density at radius 2 is 2.04 bits per heavy atom. The summed E-state index contributed by atoms with van der Waals surface area (Å²) in [6.07, 6.45) is 2.20. The minimum atomic E-state index is -0.416. The molecular weight excluding hydrogens is 336 g/mol. The molecule has 2 rings (SSSR count). The van der Waals surface area contributed by atoms with E-state index in [1.165, 1.54) is 6.08 Å². The third-order valence-corrected chi connectivity index (χ3v) is 3.71. The molecule has 25 heavy (non-hydrogen) atoms. The summed E-state index contributed by atoms with van der Waals surface area (Å²) in [5.41, 5.74) is 1.74. The van der Waals surface area contributed by atoms with Crippen LogP contribution in [0.4, 0.5) is 0 Å². The van der Waals surface area contributed by atoms with Gasteiger partial charge in [0, 0.05) is 17.1 Å². The van der Waals surface area contributed by atoms with Crippen LogP contribution in [-0.4, -0.2) is 19.1 Å². The molecule has 0 aliphatic carbocycles. The van der Waals surface area contributed by atoms with Gasteiger partial charge in [-0.15, -0.1) is 0 Å². The molecule has 0 spiro atoms. The molecule has 1 amide bonds. The van der Waals surface area contributed by atoms with Gasteiger partial charge in [-0.1, -0.05) is 41.9 Å². The minimum Gasteiger partial charge on any atom is -0.493 e. The molecule has 0 saturated carbocycles. The van der Waals surface area contributed by atoms with Crippen LogP contribution >= 0.6 is 11.6 Å². The second-order valence-corrected chi connectivity index (χ2v) is 5.71. The van der Waals surface area contributed by atoms with Crippen molar-refractivity contribution in [2.24, 2.45) is 0 Å². The highest BCUT2D eigenvalue weighted by Gasteiger charge is 2.11. The number of nitrogens with one attached hydrogen (secondary N) is 1. The molecule has 2 aromatic rings. The Morgan fingerprint density at radius 1 is 1.28 bits per heavy atom. The zero-order valence-electron chi connectivity index (χ0n) is 14.0. The lowest BCUT2D eigenvalue weighted by molar-refractivity contribution is -0.117. The van der Waals surface area contributed by atoms with E-state index in [9.17, 15) is 10.1 Å². The van der Waals surface area contributed by atoms with Gasteiger partial charge >= 0.3 is 0 Å². The van der Waals surface area contributed by atoms with Crippen molar-refractivity contribution in [1.82, 2.24) is 5.32 Å². The molecule has 0 atom stereocenters. The molecule has 2 aromatic carbocycles. The predicted octanol–water partition coefficient (Wildman–Crippen LogP) is 4.00. The van der Waals surface area contributed by atoms with Crippen LogP contribution in [-0.2, 0) is 11.2 Å². The number of benzene rings is 2. The van der Waals surface area contributed by atoms with Crippen molar-refractivity contribution in [3.05, 3.63) is 70.3 Å². The van der Waals surface area contributed by atoms with Gasteiger partial charge in [0.2, 0.25) is 0 Å². The first-order valence-corrected chi connectivity index (χ1v) is 8.38. The van der Waals surface area contributed by atoms with Crippen LogP contribution in [0, 0.1) is 11.3 Å². The molecule has 0 aliphatic heterocycles. The highest BCUT2D eigenvalue weighted by atomic mass is 35.5. The van der Waals surface area contributed by atoms with Crippen molar-refractivity contribution < 1.29 is 9.53 Å². The lowest BCUT2D eigenvalue weighted by Crippen LogP contribution is -2.26. The number of carbonyl (C=O) groups is 1. The lowest BCUT2D eigenvalue weighted by Gasteiger charge is -2.09. The van der Waals surface area contributed by atoms with E-state index in [2.05, 4.69) is 5.32 Å². The molecule has 0 bridgehead atoms. The van der Waals surface area contributed by atoms with Crippen molar-refractivity contribution in [3.8, 4) is 11.8 Å². The topological polar surface area (TPSA) is 62.1 Å². The molecule has 5 heteroatoms. The first kappa shape index (κ1) is 18.6. The number of hydrogen-bond donors (Lipinski definition) is 1. The fourth-order valence-corrected chi connectivity index (χ4v) is 2.46. The Labute approximate surface area is 152 Å². The standard InChI is InChI=1S/C20H19ClN2O2/c1-2-25-19-9-8-18(21)13-16(19)12-17(14-22)20(24)23-11-10-15-6-4-3-5-7-15/h3-9,12-13H,2,10-11H2,1H3,(H,23,24)/b17-12+. The van der Waals surface area contributed by atoms with E-state index >= 15 is 0 Å². The van der Waals surface area contributed by atoms with Crippen molar-refractivity contribution in [2.45, 2.75) is 13.3 Å². The largest absolute Gasteiger partial charge is 0.493 e. The highest BCUT2D eigenvalue weighted by Crippen LogP contribution is 2.25.